The van der Waals surface area contributed by atoms with Crippen LogP contribution in [0.25, 0.3) is 0 Å². The molecule has 0 spiro atoms. The number of rotatable bonds is 5. The average molecular weight is 330 g/mol. The van der Waals surface area contributed by atoms with Gasteiger partial charge >= 0.3 is 0 Å². The molecule has 1 aliphatic rings. The predicted molar refractivity (Wildman–Crippen MR) is 84.9 cm³/mol. The molecule has 3 rings (SSSR count). The van der Waals surface area contributed by atoms with E-state index in [2.05, 4.69) is 20.3 Å². The van der Waals surface area contributed by atoms with Crippen LogP contribution in [-0.2, 0) is 6.54 Å². The summed E-state index contributed by atoms with van der Waals surface area (Å²) in [7, 11) is 0. The van der Waals surface area contributed by atoms with E-state index < -0.39 is 6.17 Å². The fourth-order valence-electron chi connectivity index (χ4n) is 2.87. The Labute approximate surface area is 139 Å². The number of halogens is 1. The van der Waals surface area contributed by atoms with Crippen LogP contribution in [0, 0.1) is 25.2 Å². The molecule has 0 aliphatic carbocycles. The number of oxazole rings is 1. The fraction of sp³-hybridized carbons (Fsp3) is 0.500. The number of nitrogens with one attached hydrogen (secondary N) is 1. The second kappa shape index (κ2) is 6.93. The van der Waals surface area contributed by atoms with Crippen LogP contribution in [0.1, 0.15) is 29.5 Å². The molecule has 2 atom stereocenters. The molecular weight excluding hydrogens is 311 g/mol. The van der Waals surface area contributed by atoms with Crippen LogP contribution in [0.5, 0.6) is 0 Å². The van der Waals surface area contributed by atoms with E-state index in [0.29, 0.717) is 37.8 Å². The largest absolute Gasteiger partial charge is 0.444 e. The number of hydrogen-bond acceptors (Lipinski definition) is 7. The zero-order valence-electron chi connectivity index (χ0n) is 13.7. The minimum atomic E-state index is -0.883. The van der Waals surface area contributed by atoms with Crippen LogP contribution in [0.3, 0.4) is 0 Å². The molecule has 0 amide bonds. The van der Waals surface area contributed by atoms with E-state index in [0.717, 1.165) is 11.5 Å². The first-order chi connectivity index (χ1) is 11.6. The number of aromatic nitrogens is 3. The van der Waals surface area contributed by atoms with Gasteiger partial charge in [0.15, 0.2) is 11.5 Å². The lowest BCUT2D eigenvalue weighted by atomic mass is 10.2. The molecule has 1 fully saturated rings. The van der Waals surface area contributed by atoms with E-state index in [1.165, 1.54) is 12.4 Å². The number of nitriles is 1. The first kappa shape index (κ1) is 16.3. The van der Waals surface area contributed by atoms with Gasteiger partial charge in [-0.2, -0.15) is 5.26 Å². The van der Waals surface area contributed by atoms with E-state index in [4.69, 9.17) is 9.68 Å². The quantitative estimate of drug-likeness (QED) is 0.896. The zero-order valence-corrected chi connectivity index (χ0v) is 13.7. The fourth-order valence-corrected chi connectivity index (χ4v) is 2.87. The lowest BCUT2D eigenvalue weighted by Gasteiger charge is -2.23. The highest BCUT2D eigenvalue weighted by Gasteiger charge is 2.33. The number of aryl methyl sites for hydroxylation is 2. The summed E-state index contributed by atoms with van der Waals surface area (Å²) in [5, 5.41) is 12.1. The Morgan fingerprint density at radius 3 is 2.92 bits per heavy atom. The van der Waals surface area contributed by atoms with Gasteiger partial charge in [-0.25, -0.2) is 19.3 Å². The highest BCUT2D eigenvalue weighted by Crippen LogP contribution is 2.23. The standard InChI is InChI=1S/C16H19FN6O/c1-10-11(2)24-15(22-10)9-23-8-12(17)5-13(23)7-21-16-14(6-18)19-3-4-20-16/h3-4,12-13H,5,7-9H2,1-2H3,(H,20,21)/t12-,13-/m0/s1. The van der Waals surface area contributed by atoms with Gasteiger partial charge in [-0.05, 0) is 20.3 Å². The minimum absolute atomic E-state index is 0.0268. The van der Waals surface area contributed by atoms with Gasteiger partial charge in [0.25, 0.3) is 0 Å². The summed E-state index contributed by atoms with van der Waals surface area (Å²) in [4.78, 5) is 14.4. The van der Waals surface area contributed by atoms with Crippen molar-refractivity contribution in [2.24, 2.45) is 0 Å². The van der Waals surface area contributed by atoms with Gasteiger partial charge in [-0.15, -0.1) is 0 Å². The minimum Gasteiger partial charge on any atom is -0.444 e. The number of alkyl halides is 1. The Kier molecular flexibility index (Phi) is 4.71. The smallest absolute Gasteiger partial charge is 0.208 e. The lowest BCUT2D eigenvalue weighted by Crippen LogP contribution is -2.35. The highest BCUT2D eigenvalue weighted by molar-refractivity contribution is 5.46. The van der Waals surface area contributed by atoms with Gasteiger partial charge in [0, 0.05) is 31.5 Å². The summed E-state index contributed by atoms with van der Waals surface area (Å²) < 4.78 is 19.5. The monoisotopic (exact) mass is 330 g/mol. The van der Waals surface area contributed by atoms with E-state index in [1.807, 2.05) is 24.8 Å². The van der Waals surface area contributed by atoms with Crippen molar-refractivity contribution >= 4 is 5.82 Å². The summed E-state index contributed by atoms with van der Waals surface area (Å²) in [6.45, 7) is 5.04. The van der Waals surface area contributed by atoms with Crippen molar-refractivity contribution < 1.29 is 8.81 Å². The third-order valence-corrected chi connectivity index (χ3v) is 4.20. The first-order valence-corrected chi connectivity index (χ1v) is 7.82. The first-order valence-electron chi connectivity index (χ1n) is 7.82. The Morgan fingerprint density at radius 2 is 2.21 bits per heavy atom. The molecule has 3 heterocycles. The molecule has 0 saturated carbocycles. The van der Waals surface area contributed by atoms with Crippen LogP contribution in [0.15, 0.2) is 16.8 Å². The molecule has 0 radical (unpaired) electrons. The van der Waals surface area contributed by atoms with Crippen molar-refractivity contribution in [3.8, 4) is 6.07 Å². The van der Waals surface area contributed by atoms with Crippen LogP contribution in [0.2, 0.25) is 0 Å². The number of hydrogen-bond donors (Lipinski definition) is 1. The van der Waals surface area contributed by atoms with E-state index >= 15 is 0 Å². The topological polar surface area (TPSA) is 90.9 Å². The van der Waals surface area contributed by atoms with Crippen molar-refractivity contribution in [3.05, 3.63) is 35.4 Å². The second-order valence-corrected chi connectivity index (χ2v) is 5.91. The SMILES string of the molecule is Cc1nc(CN2C[C@@H](F)C[C@H]2CNc2nccnc2C#N)oc1C. The van der Waals surface area contributed by atoms with Gasteiger partial charge in [0.1, 0.15) is 18.0 Å². The Hall–Kier alpha value is -2.53. The average Bonchev–Trinajstić information content (AvgIpc) is 3.07. The predicted octanol–water partition coefficient (Wildman–Crippen LogP) is 1.98. The van der Waals surface area contributed by atoms with Crippen molar-refractivity contribution in [2.45, 2.75) is 39.0 Å². The maximum Gasteiger partial charge on any atom is 0.208 e. The Morgan fingerprint density at radius 1 is 1.42 bits per heavy atom. The number of anilines is 1. The van der Waals surface area contributed by atoms with Gasteiger partial charge in [0.05, 0.1) is 12.2 Å². The second-order valence-electron chi connectivity index (χ2n) is 5.91. The van der Waals surface area contributed by atoms with Crippen molar-refractivity contribution in [1.82, 2.24) is 19.9 Å². The van der Waals surface area contributed by atoms with Crippen LogP contribution in [-0.4, -0.2) is 45.2 Å². The number of nitrogens with zero attached hydrogens (tertiary/aromatic N) is 5. The van der Waals surface area contributed by atoms with Crippen LogP contribution in [0.4, 0.5) is 10.2 Å². The van der Waals surface area contributed by atoms with Crippen molar-refractivity contribution in [2.75, 3.05) is 18.4 Å². The summed E-state index contributed by atoms with van der Waals surface area (Å²) in [5.74, 6) is 1.81. The molecule has 1 N–H and O–H groups in total. The van der Waals surface area contributed by atoms with Gasteiger partial charge in [0.2, 0.25) is 5.89 Å². The number of likely N-dealkylation sites (tertiary alicyclic amines) is 1. The molecule has 24 heavy (non-hydrogen) atoms. The summed E-state index contributed by atoms with van der Waals surface area (Å²) in [5.41, 5.74) is 1.09. The van der Waals surface area contributed by atoms with E-state index in [9.17, 15) is 4.39 Å². The normalized spacial score (nSPS) is 20.9. The summed E-state index contributed by atoms with van der Waals surface area (Å²) >= 11 is 0. The molecule has 0 aromatic carbocycles. The summed E-state index contributed by atoms with van der Waals surface area (Å²) in [6.07, 6.45) is 2.53. The molecule has 8 heteroatoms. The molecule has 2 aromatic heterocycles. The van der Waals surface area contributed by atoms with E-state index in [-0.39, 0.29) is 11.7 Å². The van der Waals surface area contributed by atoms with Gasteiger partial charge in [-0.1, -0.05) is 0 Å². The molecule has 2 aromatic rings. The molecule has 0 unspecified atom stereocenters. The maximum absolute atomic E-state index is 13.9. The van der Waals surface area contributed by atoms with Gasteiger partial charge < -0.3 is 9.73 Å². The van der Waals surface area contributed by atoms with Crippen LogP contribution < -0.4 is 5.32 Å². The summed E-state index contributed by atoms with van der Waals surface area (Å²) in [6, 6.07) is 1.96. The van der Waals surface area contributed by atoms with Crippen molar-refractivity contribution in [1.29, 1.82) is 5.26 Å². The third kappa shape index (κ3) is 3.51. The van der Waals surface area contributed by atoms with Gasteiger partial charge in [-0.3, -0.25) is 4.90 Å². The Balaban J connectivity index is 1.66. The third-order valence-electron chi connectivity index (χ3n) is 4.20. The molecule has 126 valence electrons. The molecule has 1 saturated heterocycles. The van der Waals surface area contributed by atoms with E-state index in [1.54, 1.807) is 0 Å². The molecular formula is C16H19FN6O. The molecule has 1 aliphatic heterocycles. The van der Waals surface area contributed by atoms with Crippen molar-refractivity contribution in [3.63, 3.8) is 0 Å². The lowest BCUT2D eigenvalue weighted by molar-refractivity contribution is 0.217. The molecule has 7 nitrogen and oxygen atoms in total. The zero-order chi connectivity index (χ0) is 17.1. The van der Waals surface area contributed by atoms with Crippen LogP contribution >= 0.6 is 0 Å². The molecule has 0 bridgehead atoms. The Bertz CT molecular complexity index is 736. The highest BCUT2D eigenvalue weighted by atomic mass is 19.1. The maximum atomic E-state index is 13.9.